The molecule has 3 aromatic heterocycles. The lowest BCUT2D eigenvalue weighted by atomic mass is 10.2. The number of rotatable bonds is 5. The SMILES string of the molecule is N#Cc1ccc(CCCNc2nc(Cl)cc3nc(C(F)(F)F)cn23)nc1. The third kappa shape index (κ3) is 4.03. The minimum absolute atomic E-state index is 0.0492. The first kappa shape index (κ1) is 17.9. The number of nitrogens with one attached hydrogen (secondary N) is 1. The van der Waals surface area contributed by atoms with Crippen LogP contribution in [-0.2, 0) is 12.6 Å². The van der Waals surface area contributed by atoms with Gasteiger partial charge < -0.3 is 5.32 Å². The van der Waals surface area contributed by atoms with E-state index in [1.165, 1.54) is 16.7 Å². The number of aromatic nitrogens is 4. The fourth-order valence-electron chi connectivity index (χ4n) is 2.33. The second-order valence-electron chi connectivity index (χ2n) is 5.43. The van der Waals surface area contributed by atoms with Gasteiger partial charge in [0.1, 0.15) is 16.9 Å². The number of pyridine rings is 1. The number of hydrogen-bond donors (Lipinski definition) is 1. The van der Waals surface area contributed by atoms with E-state index >= 15 is 0 Å². The van der Waals surface area contributed by atoms with Gasteiger partial charge in [-0.15, -0.1) is 0 Å². The van der Waals surface area contributed by atoms with Crippen molar-refractivity contribution in [3.63, 3.8) is 0 Å². The molecule has 0 saturated heterocycles. The van der Waals surface area contributed by atoms with Crippen LogP contribution >= 0.6 is 11.6 Å². The molecule has 3 rings (SSSR count). The number of alkyl halides is 3. The van der Waals surface area contributed by atoms with Gasteiger partial charge in [-0.25, -0.2) is 9.97 Å². The maximum absolute atomic E-state index is 12.8. The van der Waals surface area contributed by atoms with Gasteiger partial charge in [-0.3, -0.25) is 9.38 Å². The monoisotopic (exact) mass is 380 g/mol. The van der Waals surface area contributed by atoms with Gasteiger partial charge in [-0.05, 0) is 25.0 Å². The van der Waals surface area contributed by atoms with E-state index in [4.69, 9.17) is 16.9 Å². The second kappa shape index (κ2) is 7.17. The van der Waals surface area contributed by atoms with Crippen LogP contribution in [0, 0.1) is 11.3 Å². The minimum Gasteiger partial charge on any atom is -0.355 e. The van der Waals surface area contributed by atoms with Gasteiger partial charge >= 0.3 is 6.18 Å². The summed E-state index contributed by atoms with van der Waals surface area (Å²) in [6.45, 7) is 0.448. The lowest BCUT2D eigenvalue weighted by Gasteiger charge is -2.08. The van der Waals surface area contributed by atoms with Crippen molar-refractivity contribution in [2.45, 2.75) is 19.0 Å². The first-order valence-corrected chi connectivity index (χ1v) is 7.96. The number of nitrogens with zero attached hydrogens (tertiary/aromatic N) is 5. The van der Waals surface area contributed by atoms with Crippen LogP contribution in [0.15, 0.2) is 30.6 Å². The molecule has 0 aliphatic rings. The second-order valence-corrected chi connectivity index (χ2v) is 5.82. The van der Waals surface area contributed by atoms with Crippen molar-refractivity contribution in [2.24, 2.45) is 0 Å². The molecule has 0 fully saturated rings. The average molecular weight is 381 g/mol. The highest BCUT2D eigenvalue weighted by Gasteiger charge is 2.34. The zero-order valence-corrected chi connectivity index (χ0v) is 14.0. The fraction of sp³-hybridized carbons (Fsp3) is 0.250. The summed E-state index contributed by atoms with van der Waals surface area (Å²) in [4.78, 5) is 11.7. The summed E-state index contributed by atoms with van der Waals surface area (Å²) in [5.74, 6) is 0.184. The van der Waals surface area contributed by atoms with Crippen LogP contribution in [0.25, 0.3) is 5.65 Å². The standard InChI is InChI=1S/C16H12ClF3N6/c17-13-6-14-24-12(16(18,19)20)9-26(14)15(25-13)22-5-1-2-11-4-3-10(7-21)8-23-11/h3-4,6,8-9H,1-2,5H2,(H,22,25). The lowest BCUT2D eigenvalue weighted by molar-refractivity contribution is -0.140. The number of aryl methyl sites for hydroxylation is 1. The van der Waals surface area contributed by atoms with Crippen LogP contribution < -0.4 is 5.32 Å². The molecule has 0 aliphatic carbocycles. The molecule has 0 radical (unpaired) electrons. The Morgan fingerprint density at radius 2 is 2.08 bits per heavy atom. The molecule has 6 nitrogen and oxygen atoms in total. The molecule has 1 N–H and O–H groups in total. The van der Waals surface area contributed by atoms with Crippen molar-refractivity contribution in [1.82, 2.24) is 19.4 Å². The molecule has 0 unspecified atom stereocenters. The van der Waals surface area contributed by atoms with Crippen LogP contribution in [0.3, 0.4) is 0 Å². The zero-order chi connectivity index (χ0) is 18.7. The molecular weight excluding hydrogens is 369 g/mol. The molecule has 134 valence electrons. The summed E-state index contributed by atoms with van der Waals surface area (Å²) in [7, 11) is 0. The van der Waals surface area contributed by atoms with Crippen molar-refractivity contribution in [1.29, 1.82) is 5.26 Å². The van der Waals surface area contributed by atoms with Gasteiger partial charge in [0, 0.05) is 30.7 Å². The highest BCUT2D eigenvalue weighted by Crippen LogP contribution is 2.29. The van der Waals surface area contributed by atoms with E-state index in [2.05, 4.69) is 20.3 Å². The summed E-state index contributed by atoms with van der Waals surface area (Å²) >= 11 is 5.86. The predicted molar refractivity (Wildman–Crippen MR) is 88.8 cm³/mol. The van der Waals surface area contributed by atoms with Crippen molar-refractivity contribution >= 4 is 23.2 Å². The third-order valence-corrected chi connectivity index (χ3v) is 3.75. The summed E-state index contributed by atoms with van der Waals surface area (Å²) < 4.78 is 39.7. The maximum Gasteiger partial charge on any atom is 0.434 e. The summed E-state index contributed by atoms with van der Waals surface area (Å²) in [5.41, 5.74) is 0.356. The van der Waals surface area contributed by atoms with E-state index < -0.39 is 11.9 Å². The van der Waals surface area contributed by atoms with Crippen LogP contribution in [0.5, 0.6) is 0 Å². The fourth-order valence-corrected chi connectivity index (χ4v) is 2.51. The van der Waals surface area contributed by atoms with Crippen molar-refractivity contribution < 1.29 is 13.2 Å². The smallest absolute Gasteiger partial charge is 0.355 e. The zero-order valence-electron chi connectivity index (χ0n) is 13.3. The quantitative estimate of drug-likeness (QED) is 0.539. The van der Waals surface area contributed by atoms with Gasteiger partial charge in [0.15, 0.2) is 5.69 Å². The molecular formula is C16H12ClF3N6. The Morgan fingerprint density at radius 3 is 2.73 bits per heavy atom. The number of halogens is 4. The van der Waals surface area contributed by atoms with Gasteiger partial charge in [0.25, 0.3) is 0 Å². The number of hydrogen-bond acceptors (Lipinski definition) is 5. The van der Waals surface area contributed by atoms with Gasteiger partial charge in [-0.2, -0.15) is 18.4 Å². The number of fused-ring (bicyclic) bond motifs is 1. The Morgan fingerprint density at radius 1 is 1.27 bits per heavy atom. The molecule has 0 amide bonds. The van der Waals surface area contributed by atoms with E-state index in [1.54, 1.807) is 12.1 Å². The Hall–Kier alpha value is -2.86. The Kier molecular flexibility index (Phi) is 4.95. The summed E-state index contributed by atoms with van der Waals surface area (Å²) in [6.07, 6.45) is -0.870. The number of nitriles is 1. The highest BCUT2D eigenvalue weighted by atomic mass is 35.5. The predicted octanol–water partition coefficient (Wildman–Crippen LogP) is 3.71. The van der Waals surface area contributed by atoms with Gasteiger partial charge in [-0.1, -0.05) is 11.6 Å². The van der Waals surface area contributed by atoms with E-state index in [0.717, 1.165) is 11.9 Å². The van der Waals surface area contributed by atoms with Crippen molar-refractivity contribution in [3.8, 4) is 6.07 Å². The molecule has 26 heavy (non-hydrogen) atoms. The largest absolute Gasteiger partial charge is 0.434 e. The Bertz CT molecular complexity index is 959. The number of imidazole rings is 1. The maximum atomic E-state index is 12.8. The molecule has 0 bridgehead atoms. The van der Waals surface area contributed by atoms with Gasteiger partial charge in [0.05, 0.1) is 5.56 Å². The van der Waals surface area contributed by atoms with E-state index in [-0.39, 0.29) is 16.7 Å². The molecule has 0 aliphatic heterocycles. The molecule has 0 aromatic carbocycles. The average Bonchev–Trinajstić information content (AvgIpc) is 3.03. The number of anilines is 1. The van der Waals surface area contributed by atoms with Crippen LogP contribution in [0.4, 0.5) is 19.1 Å². The Labute approximate surface area is 151 Å². The van der Waals surface area contributed by atoms with Gasteiger partial charge in [0.2, 0.25) is 5.95 Å². The molecule has 0 atom stereocenters. The highest BCUT2D eigenvalue weighted by molar-refractivity contribution is 6.29. The minimum atomic E-state index is -4.54. The normalized spacial score (nSPS) is 11.5. The lowest BCUT2D eigenvalue weighted by Crippen LogP contribution is -2.09. The molecule has 0 spiro atoms. The van der Waals surface area contributed by atoms with Crippen LogP contribution in [0.1, 0.15) is 23.4 Å². The van der Waals surface area contributed by atoms with Crippen LogP contribution in [-0.4, -0.2) is 25.9 Å². The van der Waals surface area contributed by atoms with Crippen molar-refractivity contribution in [2.75, 3.05) is 11.9 Å². The Balaban J connectivity index is 1.68. The van der Waals surface area contributed by atoms with Crippen LogP contribution in [0.2, 0.25) is 5.15 Å². The molecule has 3 aromatic rings. The topological polar surface area (TPSA) is 78.9 Å². The molecule has 3 heterocycles. The summed E-state index contributed by atoms with van der Waals surface area (Å²) in [6, 6.07) is 6.71. The van der Waals surface area contributed by atoms with E-state index in [1.807, 2.05) is 6.07 Å². The first-order chi connectivity index (χ1) is 12.4. The van der Waals surface area contributed by atoms with E-state index in [9.17, 15) is 13.2 Å². The van der Waals surface area contributed by atoms with E-state index in [0.29, 0.717) is 24.9 Å². The first-order valence-electron chi connectivity index (χ1n) is 7.58. The molecule has 10 heteroatoms. The van der Waals surface area contributed by atoms with Crippen molar-refractivity contribution in [3.05, 3.63) is 52.7 Å². The summed E-state index contributed by atoms with van der Waals surface area (Å²) in [5, 5.41) is 11.7. The third-order valence-electron chi connectivity index (χ3n) is 3.56. The molecule has 0 saturated carbocycles.